The lowest BCUT2D eigenvalue weighted by Crippen LogP contribution is -2.55. The van der Waals surface area contributed by atoms with Gasteiger partial charge in [-0.2, -0.15) is 0 Å². The summed E-state index contributed by atoms with van der Waals surface area (Å²) in [7, 11) is 0. The number of hydrogen-bond acceptors (Lipinski definition) is 5. The van der Waals surface area contributed by atoms with Crippen molar-refractivity contribution in [2.45, 2.75) is 19.4 Å². The van der Waals surface area contributed by atoms with E-state index in [9.17, 15) is 19.2 Å². The van der Waals surface area contributed by atoms with Crippen molar-refractivity contribution in [3.05, 3.63) is 95.2 Å². The molecule has 0 aliphatic carbocycles. The summed E-state index contributed by atoms with van der Waals surface area (Å²) in [5, 5.41) is 0. The Morgan fingerprint density at radius 1 is 1.00 bits per heavy atom. The van der Waals surface area contributed by atoms with Gasteiger partial charge >= 0.3 is 0 Å². The second kappa shape index (κ2) is 10.1. The molecule has 0 saturated carbocycles. The molecule has 0 spiro atoms. The summed E-state index contributed by atoms with van der Waals surface area (Å²) >= 11 is 0. The number of carbonyl (C=O) groups excluding carboxylic acids is 4. The molecule has 1 unspecified atom stereocenters. The van der Waals surface area contributed by atoms with Crippen LogP contribution in [0, 0.1) is 0 Å². The summed E-state index contributed by atoms with van der Waals surface area (Å²) in [5.74, 6) is -2.44. The van der Waals surface area contributed by atoms with Gasteiger partial charge in [0.1, 0.15) is 6.04 Å². The van der Waals surface area contributed by atoms with Crippen LogP contribution >= 0.6 is 0 Å². The average molecular weight is 430 g/mol. The fourth-order valence-electron chi connectivity index (χ4n) is 3.36. The summed E-state index contributed by atoms with van der Waals surface area (Å²) < 4.78 is 0. The third-order valence-electron chi connectivity index (χ3n) is 4.85. The van der Waals surface area contributed by atoms with Crippen molar-refractivity contribution < 1.29 is 19.2 Å². The third kappa shape index (κ3) is 4.70. The smallest absolute Gasteiger partial charge is 0.271 e. The normalized spacial score (nSPS) is 14.3. The first kappa shape index (κ1) is 22.4. The number of hydrazine groups is 1. The van der Waals surface area contributed by atoms with E-state index in [4.69, 9.17) is 0 Å². The summed E-state index contributed by atoms with van der Waals surface area (Å²) in [6.45, 7) is 5.04. The van der Waals surface area contributed by atoms with Gasteiger partial charge in [0.2, 0.25) is 0 Å². The number of amides is 4. The van der Waals surface area contributed by atoms with Crippen molar-refractivity contribution in [3.63, 3.8) is 0 Å². The van der Waals surface area contributed by atoms with Gasteiger partial charge in [0, 0.05) is 12.6 Å². The Bertz CT molecular complexity index is 1090. The van der Waals surface area contributed by atoms with E-state index >= 15 is 0 Å². The van der Waals surface area contributed by atoms with Gasteiger partial charge in [-0.1, -0.05) is 54.6 Å². The highest BCUT2D eigenvalue weighted by Crippen LogP contribution is 2.26. The Hall–Kier alpha value is -4.33. The van der Waals surface area contributed by atoms with E-state index in [-0.39, 0.29) is 23.1 Å². The predicted octanol–water partition coefficient (Wildman–Crippen LogP) is 2.20. The molecule has 1 aliphatic heterocycles. The maximum Gasteiger partial charge on any atom is 0.271 e. The van der Waals surface area contributed by atoms with Crippen LogP contribution in [0.15, 0.2) is 83.5 Å². The van der Waals surface area contributed by atoms with Gasteiger partial charge in [0.05, 0.1) is 16.7 Å². The Balaban J connectivity index is 1.85. The monoisotopic (exact) mass is 430 g/mol. The SMILES string of the molecule is C=N/C=C(\C=C/C)C(=O)NNC(=O)C(Cc1ccccc1)N1C(=O)c2ccccc2C1=O. The molecule has 0 radical (unpaired) electrons. The van der Waals surface area contributed by atoms with Gasteiger partial charge in [-0.3, -0.25) is 39.9 Å². The van der Waals surface area contributed by atoms with Crippen molar-refractivity contribution in [1.82, 2.24) is 15.8 Å². The lowest BCUT2D eigenvalue weighted by Gasteiger charge is -2.25. The molecule has 32 heavy (non-hydrogen) atoms. The maximum atomic E-state index is 13.1. The molecule has 0 saturated heterocycles. The molecule has 0 bridgehead atoms. The Morgan fingerprint density at radius 3 is 2.16 bits per heavy atom. The third-order valence-corrected chi connectivity index (χ3v) is 4.85. The van der Waals surface area contributed by atoms with Gasteiger partial charge in [-0.05, 0) is 31.3 Å². The van der Waals surface area contributed by atoms with Crippen molar-refractivity contribution in [2.75, 3.05) is 0 Å². The Morgan fingerprint density at radius 2 is 1.59 bits per heavy atom. The number of nitrogens with zero attached hydrogens (tertiary/aromatic N) is 2. The molecule has 0 aromatic heterocycles. The molecule has 2 N–H and O–H groups in total. The number of aliphatic imine (C=N–C) groups is 1. The molecule has 8 heteroatoms. The van der Waals surface area contributed by atoms with Crippen LogP contribution in [0.5, 0.6) is 0 Å². The topological polar surface area (TPSA) is 108 Å². The fourth-order valence-corrected chi connectivity index (χ4v) is 3.36. The lowest BCUT2D eigenvalue weighted by atomic mass is 10.0. The number of benzene rings is 2. The molecule has 162 valence electrons. The van der Waals surface area contributed by atoms with Gasteiger partial charge < -0.3 is 0 Å². The van der Waals surface area contributed by atoms with Crippen LogP contribution in [0.1, 0.15) is 33.2 Å². The molecule has 1 atom stereocenters. The van der Waals surface area contributed by atoms with E-state index in [1.807, 2.05) is 6.07 Å². The zero-order valence-corrected chi connectivity index (χ0v) is 17.4. The molecular weight excluding hydrogens is 408 g/mol. The van der Waals surface area contributed by atoms with Crippen molar-refractivity contribution in [3.8, 4) is 0 Å². The van der Waals surface area contributed by atoms with Gasteiger partial charge in [-0.25, -0.2) is 0 Å². The number of fused-ring (bicyclic) bond motifs is 1. The van der Waals surface area contributed by atoms with Crippen LogP contribution in [0.4, 0.5) is 0 Å². The molecule has 1 aliphatic rings. The first-order valence-electron chi connectivity index (χ1n) is 9.87. The van der Waals surface area contributed by atoms with E-state index in [0.29, 0.717) is 0 Å². The average Bonchev–Trinajstić information content (AvgIpc) is 3.06. The number of carbonyl (C=O) groups is 4. The minimum atomic E-state index is -1.17. The minimum absolute atomic E-state index is 0.0831. The van der Waals surface area contributed by atoms with Crippen LogP contribution in [0.2, 0.25) is 0 Å². The summed E-state index contributed by atoms with van der Waals surface area (Å²) in [6.07, 6.45) is 4.46. The van der Waals surface area contributed by atoms with Gasteiger partial charge in [-0.15, -0.1) is 0 Å². The van der Waals surface area contributed by atoms with E-state index in [0.717, 1.165) is 10.5 Å². The van der Waals surface area contributed by atoms with Crippen molar-refractivity contribution in [1.29, 1.82) is 0 Å². The van der Waals surface area contributed by atoms with E-state index < -0.39 is 29.7 Å². The van der Waals surface area contributed by atoms with E-state index in [1.165, 1.54) is 12.3 Å². The number of imide groups is 1. The van der Waals surface area contributed by atoms with Crippen LogP contribution in [0.3, 0.4) is 0 Å². The van der Waals surface area contributed by atoms with Crippen LogP contribution in [0.25, 0.3) is 0 Å². The molecule has 1 heterocycles. The standard InChI is InChI=1S/C24H22N4O4/c1-3-9-17(15-25-2)21(29)26-27-22(30)20(14-16-10-5-4-6-11-16)28-23(31)18-12-7-8-13-19(18)24(28)32/h3-13,15,20H,2,14H2,1H3,(H,26,29)(H,27,30)/b9-3-,17-15+. The maximum absolute atomic E-state index is 13.1. The molecule has 3 rings (SSSR count). The quantitative estimate of drug-likeness (QED) is 0.231. The number of nitrogens with one attached hydrogen (secondary N) is 2. The molecule has 0 fully saturated rings. The van der Waals surface area contributed by atoms with E-state index in [1.54, 1.807) is 61.5 Å². The summed E-state index contributed by atoms with van der Waals surface area (Å²) in [4.78, 5) is 55.9. The first-order chi connectivity index (χ1) is 15.5. The van der Waals surface area contributed by atoms with Crippen LogP contribution < -0.4 is 10.9 Å². The van der Waals surface area contributed by atoms with Gasteiger partial charge in [0.15, 0.2) is 0 Å². The zero-order valence-electron chi connectivity index (χ0n) is 17.4. The molecule has 8 nitrogen and oxygen atoms in total. The van der Waals surface area contributed by atoms with Gasteiger partial charge in [0.25, 0.3) is 23.6 Å². The fraction of sp³-hybridized carbons (Fsp3) is 0.125. The summed E-state index contributed by atoms with van der Waals surface area (Å²) in [6, 6.07) is 14.2. The number of hydrogen-bond donors (Lipinski definition) is 2. The molecule has 2 aromatic rings. The summed E-state index contributed by atoms with van der Waals surface area (Å²) in [5.41, 5.74) is 6.02. The lowest BCUT2D eigenvalue weighted by molar-refractivity contribution is -0.129. The van der Waals surface area contributed by atoms with Crippen molar-refractivity contribution in [2.24, 2.45) is 4.99 Å². The second-order valence-corrected chi connectivity index (χ2v) is 6.94. The Kier molecular flexibility index (Phi) is 7.07. The largest absolute Gasteiger partial charge is 0.272 e. The zero-order chi connectivity index (χ0) is 23.1. The van der Waals surface area contributed by atoms with E-state index in [2.05, 4.69) is 22.6 Å². The molecule has 2 aromatic carbocycles. The highest BCUT2D eigenvalue weighted by molar-refractivity contribution is 6.22. The van der Waals surface area contributed by atoms with Crippen molar-refractivity contribution >= 4 is 30.3 Å². The van der Waals surface area contributed by atoms with Crippen LogP contribution in [-0.4, -0.2) is 41.3 Å². The Labute approximate surface area is 185 Å². The second-order valence-electron chi connectivity index (χ2n) is 6.94. The van der Waals surface area contributed by atoms with Crippen LogP contribution in [-0.2, 0) is 16.0 Å². The minimum Gasteiger partial charge on any atom is -0.272 e. The first-order valence-corrected chi connectivity index (χ1v) is 9.87. The molecule has 4 amide bonds. The number of rotatable bonds is 7. The highest BCUT2D eigenvalue weighted by Gasteiger charge is 2.42. The highest BCUT2D eigenvalue weighted by atomic mass is 16.2. The molecular formula is C24H22N4O4. The predicted molar refractivity (Wildman–Crippen MR) is 120 cm³/mol. The number of allylic oxidation sites excluding steroid dienone is 1.